The van der Waals surface area contributed by atoms with Crippen LogP contribution >= 0.6 is 0 Å². The van der Waals surface area contributed by atoms with Crippen LogP contribution in [0.25, 0.3) is 28.2 Å². The number of amides is 2. The van der Waals surface area contributed by atoms with Gasteiger partial charge in [-0.3, -0.25) is 14.2 Å². The van der Waals surface area contributed by atoms with Crippen LogP contribution in [0.2, 0.25) is 0 Å². The Hall–Kier alpha value is -4.27. The number of fused-ring (bicyclic) bond motifs is 1. The first kappa shape index (κ1) is 23.1. The van der Waals surface area contributed by atoms with E-state index in [4.69, 9.17) is 9.97 Å². The van der Waals surface area contributed by atoms with Crippen molar-refractivity contribution in [3.05, 3.63) is 66.5 Å². The predicted molar refractivity (Wildman–Crippen MR) is 142 cm³/mol. The van der Waals surface area contributed by atoms with Crippen molar-refractivity contribution in [1.29, 1.82) is 0 Å². The average molecular weight is 496 g/mol. The predicted octanol–water partition coefficient (Wildman–Crippen LogP) is 3.80. The van der Waals surface area contributed by atoms with Crippen molar-refractivity contribution in [3.63, 3.8) is 0 Å². The van der Waals surface area contributed by atoms with Crippen LogP contribution in [0.5, 0.6) is 0 Å². The lowest BCUT2D eigenvalue weighted by Crippen LogP contribution is -2.27. The molecule has 0 atom stereocenters. The summed E-state index contributed by atoms with van der Waals surface area (Å²) in [7, 11) is 0. The summed E-state index contributed by atoms with van der Waals surface area (Å²) in [5.74, 6) is 1.39. The molecule has 9 heteroatoms. The van der Waals surface area contributed by atoms with Crippen molar-refractivity contribution in [2.75, 3.05) is 25.0 Å². The maximum Gasteiger partial charge on any atom is 0.251 e. The highest BCUT2D eigenvalue weighted by molar-refractivity contribution is 5.95. The molecule has 0 radical (unpaired) electrons. The first-order chi connectivity index (χ1) is 18.2. The van der Waals surface area contributed by atoms with Crippen LogP contribution in [0.15, 0.2) is 60.9 Å². The van der Waals surface area contributed by atoms with Gasteiger partial charge in [0.1, 0.15) is 6.33 Å². The van der Waals surface area contributed by atoms with E-state index in [2.05, 4.69) is 15.6 Å². The van der Waals surface area contributed by atoms with Gasteiger partial charge in [0, 0.05) is 48.9 Å². The molecule has 37 heavy (non-hydrogen) atoms. The molecule has 2 aromatic carbocycles. The van der Waals surface area contributed by atoms with E-state index in [1.54, 1.807) is 6.33 Å². The normalized spacial score (nSPS) is 15.4. The number of rotatable bonds is 9. The van der Waals surface area contributed by atoms with Gasteiger partial charge >= 0.3 is 0 Å². The second-order valence-electron chi connectivity index (χ2n) is 9.61. The van der Waals surface area contributed by atoms with Crippen LogP contribution in [-0.2, 0) is 4.79 Å². The molecule has 0 bridgehead atoms. The highest BCUT2D eigenvalue weighted by Crippen LogP contribution is 2.27. The monoisotopic (exact) mass is 495 g/mol. The summed E-state index contributed by atoms with van der Waals surface area (Å²) in [5.41, 5.74) is 3.78. The molecule has 188 valence electrons. The Labute approximate surface area is 214 Å². The second-order valence-corrected chi connectivity index (χ2v) is 9.61. The van der Waals surface area contributed by atoms with Crippen molar-refractivity contribution >= 4 is 28.8 Å². The molecular weight excluding hydrogens is 466 g/mol. The molecule has 9 nitrogen and oxygen atoms in total. The van der Waals surface area contributed by atoms with Gasteiger partial charge in [0.15, 0.2) is 22.8 Å². The van der Waals surface area contributed by atoms with E-state index in [-0.39, 0.29) is 11.8 Å². The third-order valence-corrected chi connectivity index (χ3v) is 6.82. The van der Waals surface area contributed by atoms with Crippen molar-refractivity contribution in [2.24, 2.45) is 0 Å². The van der Waals surface area contributed by atoms with Crippen LogP contribution in [0, 0.1) is 0 Å². The smallest absolute Gasteiger partial charge is 0.251 e. The number of hydrogen-bond acceptors (Lipinski definition) is 6. The molecule has 1 saturated heterocycles. The number of hydrogen-bond donors (Lipinski definition) is 2. The lowest BCUT2D eigenvalue weighted by atomic mass is 10.1. The first-order valence-corrected chi connectivity index (χ1v) is 12.9. The third-order valence-electron chi connectivity index (χ3n) is 6.82. The summed E-state index contributed by atoms with van der Waals surface area (Å²) in [6.45, 7) is 2.24. The van der Waals surface area contributed by atoms with Gasteiger partial charge in [0.25, 0.3) is 5.91 Å². The molecule has 3 heterocycles. The maximum atomic E-state index is 12.4. The lowest BCUT2D eigenvalue weighted by molar-refractivity contribution is -0.127. The van der Waals surface area contributed by atoms with Gasteiger partial charge in [-0.05, 0) is 49.9 Å². The van der Waals surface area contributed by atoms with Gasteiger partial charge in [-0.1, -0.05) is 30.3 Å². The molecular formula is C28H29N7O2. The highest BCUT2D eigenvalue weighted by atomic mass is 16.2. The third kappa shape index (κ3) is 5.02. The number of nitrogens with zero attached hydrogens (tertiary/aromatic N) is 5. The standard InChI is InChI=1S/C28H29N7O2/c36-23-8-4-16-34(23)17-5-15-29-26-24-27(35(18-30-24)22-6-2-1-3-7-22)33-25(32-26)19-9-11-20(12-10-19)28(37)31-21-13-14-21/h1-3,6-7,9-12,18,21H,4-5,8,13-17H2,(H,31,37)(H,29,32,33). The summed E-state index contributed by atoms with van der Waals surface area (Å²) < 4.78 is 1.95. The second kappa shape index (κ2) is 10.0. The maximum absolute atomic E-state index is 12.4. The number of carbonyl (C=O) groups is 2. The van der Waals surface area contributed by atoms with Gasteiger partial charge in [-0.15, -0.1) is 0 Å². The fourth-order valence-corrected chi connectivity index (χ4v) is 4.61. The molecule has 1 aliphatic carbocycles. The zero-order chi connectivity index (χ0) is 25.2. The summed E-state index contributed by atoms with van der Waals surface area (Å²) in [5, 5.41) is 6.45. The Morgan fingerprint density at radius 2 is 1.84 bits per heavy atom. The molecule has 2 aliphatic rings. The van der Waals surface area contributed by atoms with E-state index >= 15 is 0 Å². The average Bonchev–Trinajstić information content (AvgIpc) is 3.48. The zero-order valence-corrected chi connectivity index (χ0v) is 20.6. The SMILES string of the molecule is O=C(NC1CC1)c1ccc(-c2nc(NCCCN3CCCC3=O)c3ncn(-c4ccccc4)c3n2)cc1. The number of carbonyl (C=O) groups excluding carboxylic acids is 2. The fourth-order valence-electron chi connectivity index (χ4n) is 4.61. The molecule has 6 rings (SSSR count). The van der Waals surface area contributed by atoms with Crippen molar-refractivity contribution in [3.8, 4) is 17.1 Å². The molecule has 1 aliphatic heterocycles. The number of aromatic nitrogens is 4. The molecule has 0 unspecified atom stereocenters. The number of para-hydroxylation sites is 1. The molecule has 2 fully saturated rings. The fraction of sp³-hybridized carbons (Fsp3) is 0.321. The van der Waals surface area contributed by atoms with Gasteiger partial charge in [-0.25, -0.2) is 15.0 Å². The van der Waals surface area contributed by atoms with Crippen LogP contribution in [-0.4, -0.2) is 61.9 Å². The molecule has 1 saturated carbocycles. The minimum absolute atomic E-state index is 0.0496. The molecule has 2 aromatic heterocycles. The van der Waals surface area contributed by atoms with Crippen LogP contribution in [0.4, 0.5) is 5.82 Å². The summed E-state index contributed by atoms with van der Waals surface area (Å²) in [6.07, 6.45) is 6.28. The molecule has 2 N–H and O–H groups in total. The van der Waals surface area contributed by atoms with Crippen molar-refractivity contribution in [1.82, 2.24) is 29.7 Å². The number of anilines is 1. The van der Waals surface area contributed by atoms with Crippen molar-refractivity contribution < 1.29 is 9.59 Å². The Bertz CT molecular complexity index is 1430. The van der Waals surface area contributed by atoms with Gasteiger partial charge in [0.2, 0.25) is 5.91 Å². The largest absolute Gasteiger partial charge is 0.368 e. The summed E-state index contributed by atoms with van der Waals surface area (Å²) >= 11 is 0. The summed E-state index contributed by atoms with van der Waals surface area (Å²) in [4.78, 5) is 40.6. The molecule has 0 spiro atoms. The highest BCUT2D eigenvalue weighted by Gasteiger charge is 2.24. The van der Waals surface area contributed by atoms with Crippen LogP contribution in [0.1, 0.15) is 42.5 Å². The summed E-state index contributed by atoms with van der Waals surface area (Å²) in [6, 6.07) is 17.7. The minimum Gasteiger partial charge on any atom is -0.368 e. The van der Waals surface area contributed by atoms with Gasteiger partial charge < -0.3 is 15.5 Å². The van der Waals surface area contributed by atoms with E-state index in [0.717, 1.165) is 50.0 Å². The zero-order valence-electron chi connectivity index (χ0n) is 20.6. The minimum atomic E-state index is -0.0496. The molecule has 2 amide bonds. The Morgan fingerprint density at radius 1 is 1.03 bits per heavy atom. The van der Waals surface area contributed by atoms with Crippen molar-refractivity contribution in [2.45, 2.75) is 38.1 Å². The quantitative estimate of drug-likeness (QED) is 0.342. The van der Waals surface area contributed by atoms with E-state index in [9.17, 15) is 9.59 Å². The van der Waals surface area contributed by atoms with Crippen LogP contribution < -0.4 is 10.6 Å². The number of benzene rings is 2. The Balaban J connectivity index is 1.29. The van der Waals surface area contributed by atoms with Gasteiger partial charge in [0.05, 0.1) is 0 Å². The first-order valence-electron chi connectivity index (χ1n) is 12.9. The Morgan fingerprint density at radius 3 is 2.57 bits per heavy atom. The van der Waals surface area contributed by atoms with E-state index in [1.165, 1.54) is 0 Å². The van der Waals surface area contributed by atoms with E-state index in [1.807, 2.05) is 64.1 Å². The lowest BCUT2D eigenvalue weighted by Gasteiger charge is -2.15. The molecule has 4 aromatic rings. The Kier molecular flexibility index (Phi) is 6.26. The number of likely N-dealkylation sites (tertiary alicyclic amines) is 1. The topological polar surface area (TPSA) is 105 Å². The number of imidazole rings is 1. The van der Waals surface area contributed by atoms with E-state index < -0.39 is 0 Å². The van der Waals surface area contributed by atoms with Gasteiger partial charge in [-0.2, -0.15) is 0 Å². The van der Waals surface area contributed by atoms with E-state index in [0.29, 0.717) is 47.4 Å². The number of nitrogens with one attached hydrogen (secondary N) is 2. The van der Waals surface area contributed by atoms with Crippen LogP contribution in [0.3, 0.4) is 0 Å².